The highest BCUT2D eigenvalue weighted by molar-refractivity contribution is 5.13. The molecule has 7 nitrogen and oxygen atoms in total. The minimum absolute atomic E-state index is 0.552. The molecule has 0 saturated heterocycles. The number of ether oxygens (including phenoxy) is 7. The lowest BCUT2D eigenvalue weighted by Crippen LogP contribution is -2.14. The Labute approximate surface area is 220 Å². The van der Waals surface area contributed by atoms with Crippen molar-refractivity contribution in [3.63, 3.8) is 0 Å². The SMILES string of the molecule is CCCCCCCCCCOCCOCCOCCOCCOCCOCCOCc1ccccc1. The van der Waals surface area contributed by atoms with Crippen molar-refractivity contribution in [1.29, 1.82) is 0 Å². The molecular weight excluding hydrogens is 460 g/mol. The summed E-state index contributed by atoms with van der Waals surface area (Å²) in [6.45, 7) is 10.6. The van der Waals surface area contributed by atoms with Crippen LogP contribution in [-0.2, 0) is 39.8 Å². The average Bonchev–Trinajstić information content (AvgIpc) is 2.91. The molecule has 0 N–H and O–H groups in total. The molecule has 0 aliphatic carbocycles. The van der Waals surface area contributed by atoms with E-state index in [1.807, 2.05) is 30.3 Å². The minimum Gasteiger partial charge on any atom is -0.379 e. The average molecular weight is 513 g/mol. The maximum atomic E-state index is 5.61. The largest absolute Gasteiger partial charge is 0.379 e. The van der Waals surface area contributed by atoms with E-state index in [0.29, 0.717) is 85.9 Å². The molecule has 0 amide bonds. The van der Waals surface area contributed by atoms with Gasteiger partial charge >= 0.3 is 0 Å². The second-order valence-electron chi connectivity index (χ2n) is 8.69. The van der Waals surface area contributed by atoms with Crippen LogP contribution in [0.2, 0.25) is 0 Å². The molecule has 0 heterocycles. The molecule has 0 fully saturated rings. The van der Waals surface area contributed by atoms with Crippen LogP contribution in [0.5, 0.6) is 0 Å². The van der Waals surface area contributed by atoms with Crippen LogP contribution in [0.25, 0.3) is 0 Å². The molecule has 7 heteroatoms. The Hall–Kier alpha value is -1.06. The lowest BCUT2D eigenvalue weighted by atomic mass is 10.1. The van der Waals surface area contributed by atoms with E-state index in [0.717, 1.165) is 13.0 Å². The van der Waals surface area contributed by atoms with Crippen molar-refractivity contribution in [2.45, 2.75) is 64.9 Å². The molecule has 0 saturated carbocycles. The first-order valence-electron chi connectivity index (χ1n) is 14.0. The van der Waals surface area contributed by atoms with E-state index in [1.54, 1.807) is 0 Å². The Morgan fingerprint density at radius 3 is 1.19 bits per heavy atom. The van der Waals surface area contributed by atoms with Crippen LogP contribution in [0.1, 0.15) is 63.9 Å². The van der Waals surface area contributed by atoms with E-state index in [4.69, 9.17) is 33.2 Å². The summed E-state index contributed by atoms with van der Waals surface area (Å²) in [5.41, 5.74) is 1.17. The number of benzene rings is 1. The van der Waals surface area contributed by atoms with Gasteiger partial charge in [-0.1, -0.05) is 82.2 Å². The second-order valence-corrected chi connectivity index (χ2v) is 8.69. The van der Waals surface area contributed by atoms with Gasteiger partial charge in [-0.3, -0.25) is 0 Å². The smallest absolute Gasteiger partial charge is 0.0718 e. The Morgan fingerprint density at radius 2 is 0.750 bits per heavy atom. The second kappa shape index (κ2) is 28.5. The quantitative estimate of drug-likeness (QED) is 0.132. The number of unbranched alkanes of at least 4 members (excludes halogenated alkanes) is 7. The Morgan fingerprint density at radius 1 is 0.389 bits per heavy atom. The fourth-order valence-corrected chi connectivity index (χ4v) is 3.42. The van der Waals surface area contributed by atoms with Gasteiger partial charge in [0.05, 0.1) is 85.9 Å². The molecule has 1 aromatic carbocycles. The first kappa shape index (κ1) is 33.0. The van der Waals surface area contributed by atoms with E-state index in [1.165, 1.54) is 50.5 Å². The molecule has 0 aromatic heterocycles. The van der Waals surface area contributed by atoms with Gasteiger partial charge in [0.1, 0.15) is 0 Å². The van der Waals surface area contributed by atoms with Gasteiger partial charge in [-0.15, -0.1) is 0 Å². The van der Waals surface area contributed by atoms with Crippen LogP contribution in [-0.4, -0.2) is 85.9 Å². The van der Waals surface area contributed by atoms with Crippen molar-refractivity contribution >= 4 is 0 Å². The summed E-state index contributed by atoms with van der Waals surface area (Å²) in [6, 6.07) is 10.1. The predicted octanol–water partition coefficient (Wildman–Crippen LogP) is 5.44. The van der Waals surface area contributed by atoms with Crippen LogP contribution in [0, 0.1) is 0 Å². The number of rotatable bonds is 29. The molecule has 0 unspecified atom stereocenters. The molecule has 1 rings (SSSR count). The lowest BCUT2D eigenvalue weighted by molar-refractivity contribution is -0.0212. The van der Waals surface area contributed by atoms with Crippen molar-refractivity contribution in [2.75, 3.05) is 85.9 Å². The van der Waals surface area contributed by atoms with Crippen LogP contribution < -0.4 is 0 Å². The molecule has 0 radical (unpaired) electrons. The molecule has 0 spiro atoms. The zero-order valence-electron chi connectivity index (χ0n) is 22.8. The summed E-state index contributed by atoms with van der Waals surface area (Å²) < 4.78 is 38.7. The highest BCUT2D eigenvalue weighted by Gasteiger charge is 1.96. The van der Waals surface area contributed by atoms with Gasteiger partial charge < -0.3 is 33.2 Å². The fraction of sp³-hybridized carbons (Fsp3) is 0.793. The molecule has 36 heavy (non-hydrogen) atoms. The Balaban J connectivity index is 1.63. The summed E-state index contributed by atoms with van der Waals surface area (Å²) in [5.74, 6) is 0. The van der Waals surface area contributed by atoms with Gasteiger partial charge in [0.15, 0.2) is 0 Å². The number of hydrogen-bond acceptors (Lipinski definition) is 7. The van der Waals surface area contributed by atoms with Crippen LogP contribution in [0.4, 0.5) is 0 Å². The molecule has 1 aromatic rings. The van der Waals surface area contributed by atoms with Crippen molar-refractivity contribution in [3.8, 4) is 0 Å². The summed E-state index contributed by atoms with van der Waals surface area (Å²) in [5, 5.41) is 0. The highest BCUT2D eigenvalue weighted by Crippen LogP contribution is 2.08. The third-order valence-electron chi connectivity index (χ3n) is 5.49. The Bertz CT molecular complexity index is 530. The fourth-order valence-electron chi connectivity index (χ4n) is 3.42. The van der Waals surface area contributed by atoms with Crippen LogP contribution in [0.3, 0.4) is 0 Å². The Kier molecular flexibility index (Phi) is 26.1. The zero-order chi connectivity index (χ0) is 25.6. The summed E-state index contributed by atoms with van der Waals surface area (Å²) >= 11 is 0. The van der Waals surface area contributed by atoms with Crippen molar-refractivity contribution in [2.24, 2.45) is 0 Å². The summed E-state index contributed by atoms with van der Waals surface area (Å²) in [4.78, 5) is 0. The summed E-state index contributed by atoms with van der Waals surface area (Å²) in [7, 11) is 0. The van der Waals surface area contributed by atoms with Gasteiger partial charge in [0.25, 0.3) is 0 Å². The van der Waals surface area contributed by atoms with Crippen molar-refractivity contribution in [1.82, 2.24) is 0 Å². The first-order chi connectivity index (χ1) is 17.9. The molecule has 0 atom stereocenters. The molecular formula is C29H52O7. The van der Waals surface area contributed by atoms with Crippen molar-refractivity contribution in [3.05, 3.63) is 35.9 Å². The molecule has 0 aliphatic rings. The third-order valence-corrected chi connectivity index (χ3v) is 5.49. The molecule has 0 aliphatic heterocycles. The van der Waals surface area contributed by atoms with E-state index in [9.17, 15) is 0 Å². The van der Waals surface area contributed by atoms with E-state index in [2.05, 4.69) is 6.92 Å². The van der Waals surface area contributed by atoms with Gasteiger partial charge in [-0.25, -0.2) is 0 Å². The van der Waals surface area contributed by atoms with Gasteiger partial charge in [0.2, 0.25) is 0 Å². The standard InChI is InChI=1S/C29H52O7/c1-2-3-4-5-6-7-8-12-15-30-16-17-31-18-19-32-20-21-33-22-23-34-24-25-35-26-27-36-28-29-13-10-9-11-14-29/h9-11,13-14H,2-8,12,15-28H2,1H3. The normalized spacial score (nSPS) is 11.4. The minimum atomic E-state index is 0.552. The van der Waals surface area contributed by atoms with Crippen molar-refractivity contribution < 1.29 is 33.2 Å². The van der Waals surface area contributed by atoms with Gasteiger partial charge in [-0.05, 0) is 12.0 Å². The molecule has 0 bridgehead atoms. The van der Waals surface area contributed by atoms with E-state index in [-0.39, 0.29) is 0 Å². The topological polar surface area (TPSA) is 64.6 Å². The molecule has 210 valence electrons. The van der Waals surface area contributed by atoms with Gasteiger partial charge in [-0.2, -0.15) is 0 Å². The third kappa shape index (κ3) is 24.6. The van der Waals surface area contributed by atoms with E-state index < -0.39 is 0 Å². The van der Waals surface area contributed by atoms with Gasteiger partial charge in [0, 0.05) is 6.61 Å². The van der Waals surface area contributed by atoms with Crippen LogP contribution >= 0.6 is 0 Å². The highest BCUT2D eigenvalue weighted by atomic mass is 16.6. The van der Waals surface area contributed by atoms with E-state index >= 15 is 0 Å². The maximum Gasteiger partial charge on any atom is 0.0718 e. The summed E-state index contributed by atoms with van der Waals surface area (Å²) in [6.07, 6.45) is 10.6. The predicted molar refractivity (Wildman–Crippen MR) is 144 cm³/mol. The monoisotopic (exact) mass is 512 g/mol. The first-order valence-corrected chi connectivity index (χ1v) is 14.0. The van der Waals surface area contributed by atoms with Crippen LogP contribution in [0.15, 0.2) is 30.3 Å². The zero-order valence-corrected chi connectivity index (χ0v) is 22.8. The number of hydrogen-bond donors (Lipinski definition) is 0. The maximum absolute atomic E-state index is 5.61. The lowest BCUT2D eigenvalue weighted by Gasteiger charge is -2.08.